The number of halogens is 1. The molecule has 18 heavy (non-hydrogen) atoms. The lowest BCUT2D eigenvalue weighted by Gasteiger charge is -2.39. The summed E-state index contributed by atoms with van der Waals surface area (Å²) >= 11 is 3.41. The Hall–Kier alpha value is -1.10. The molecule has 0 saturated heterocycles. The van der Waals surface area contributed by atoms with Crippen molar-refractivity contribution < 1.29 is 4.79 Å². The summed E-state index contributed by atoms with van der Waals surface area (Å²) in [7, 11) is 0. The Kier molecular flexibility index (Phi) is 3.01. The van der Waals surface area contributed by atoms with Crippen LogP contribution in [-0.4, -0.2) is 23.0 Å². The Labute approximate surface area is 115 Å². The van der Waals surface area contributed by atoms with Gasteiger partial charge in [-0.05, 0) is 47.8 Å². The lowest BCUT2D eigenvalue weighted by molar-refractivity contribution is -0.117. The number of carbonyl (C=O) groups excluding carboxylic acids is 1. The molecule has 1 N–H and O–H groups in total. The van der Waals surface area contributed by atoms with E-state index in [1.807, 2.05) is 19.1 Å². The SMILES string of the molecule is CC1C(=O)Nc2ccc(Br)nc2N1C1CCCC1. The molecule has 1 aliphatic carbocycles. The number of fused-ring (bicyclic) bond motifs is 1. The Morgan fingerprint density at radius 2 is 2.11 bits per heavy atom. The van der Waals surface area contributed by atoms with Crippen molar-refractivity contribution in [1.82, 2.24) is 4.98 Å². The summed E-state index contributed by atoms with van der Waals surface area (Å²) in [4.78, 5) is 18.8. The summed E-state index contributed by atoms with van der Waals surface area (Å²) in [5.41, 5.74) is 0.827. The van der Waals surface area contributed by atoms with Crippen LogP contribution in [0.4, 0.5) is 11.5 Å². The van der Waals surface area contributed by atoms with Gasteiger partial charge in [0, 0.05) is 6.04 Å². The molecule has 1 amide bonds. The van der Waals surface area contributed by atoms with Gasteiger partial charge in [0.15, 0.2) is 5.82 Å². The number of hydrogen-bond acceptors (Lipinski definition) is 3. The van der Waals surface area contributed by atoms with Crippen LogP contribution >= 0.6 is 15.9 Å². The first-order valence-corrected chi connectivity index (χ1v) is 7.22. The molecule has 1 atom stereocenters. The van der Waals surface area contributed by atoms with Gasteiger partial charge in [-0.25, -0.2) is 4.98 Å². The van der Waals surface area contributed by atoms with E-state index in [0.717, 1.165) is 29.0 Å². The second kappa shape index (κ2) is 4.53. The van der Waals surface area contributed by atoms with E-state index in [9.17, 15) is 4.79 Å². The molecule has 4 nitrogen and oxygen atoms in total. The number of anilines is 2. The molecular weight excluding hydrogens is 294 g/mol. The molecule has 0 aromatic carbocycles. The van der Waals surface area contributed by atoms with Crippen molar-refractivity contribution in [3.63, 3.8) is 0 Å². The summed E-state index contributed by atoms with van der Waals surface area (Å²) in [6.07, 6.45) is 4.81. The topological polar surface area (TPSA) is 45.2 Å². The van der Waals surface area contributed by atoms with E-state index in [0.29, 0.717) is 6.04 Å². The second-order valence-corrected chi connectivity index (χ2v) is 5.83. The van der Waals surface area contributed by atoms with Gasteiger partial charge in [-0.15, -0.1) is 0 Å². The number of rotatable bonds is 1. The minimum Gasteiger partial charge on any atom is -0.340 e. The minimum absolute atomic E-state index is 0.0681. The maximum atomic E-state index is 12.0. The first kappa shape index (κ1) is 12.0. The van der Waals surface area contributed by atoms with E-state index in [2.05, 4.69) is 31.1 Å². The van der Waals surface area contributed by atoms with Crippen LogP contribution in [0.25, 0.3) is 0 Å². The summed E-state index contributed by atoms with van der Waals surface area (Å²) < 4.78 is 0.813. The molecule has 2 aliphatic rings. The third-order valence-electron chi connectivity index (χ3n) is 3.86. The zero-order chi connectivity index (χ0) is 12.7. The first-order chi connectivity index (χ1) is 8.66. The number of nitrogens with one attached hydrogen (secondary N) is 1. The van der Waals surface area contributed by atoms with E-state index in [1.54, 1.807) is 0 Å². The molecule has 0 bridgehead atoms. The van der Waals surface area contributed by atoms with Crippen molar-refractivity contribution >= 4 is 33.3 Å². The van der Waals surface area contributed by atoms with Gasteiger partial charge in [0.2, 0.25) is 5.91 Å². The van der Waals surface area contributed by atoms with Gasteiger partial charge in [-0.1, -0.05) is 12.8 Å². The molecule has 1 unspecified atom stereocenters. The molecule has 96 valence electrons. The van der Waals surface area contributed by atoms with Crippen LogP contribution in [0.2, 0.25) is 0 Å². The molecule has 1 saturated carbocycles. The van der Waals surface area contributed by atoms with Gasteiger partial charge in [0.25, 0.3) is 0 Å². The molecule has 1 aromatic heterocycles. The van der Waals surface area contributed by atoms with Crippen LogP contribution in [0.15, 0.2) is 16.7 Å². The average Bonchev–Trinajstić information content (AvgIpc) is 2.85. The number of pyridine rings is 1. The van der Waals surface area contributed by atoms with Crippen molar-refractivity contribution in [2.24, 2.45) is 0 Å². The predicted octanol–water partition coefficient (Wildman–Crippen LogP) is 2.93. The minimum atomic E-state index is -0.137. The van der Waals surface area contributed by atoms with Crippen LogP contribution in [-0.2, 0) is 4.79 Å². The van der Waals surface area contributed by atoms with Gasteiger partial charge in [-0.2, -0.15) is 0 Å². The van der Waals surface area contributed by atoms with Gasteiger partial charge in [0.1, 0.15) is 10.6 Å². The monoisotopic (exact) mass is 309 g/mol. The smallest absolute Gasteiger partial charge is 0.246 e. The molecule has 0 radical (unpaired) electrons. The number of hydrogen-bond donors (Lipinski definition) is 1. The molecule has 2 heterocycles. The van der Waals surface area contributed by atoms with Crippen molar-refractivity contribution in [1.29, 1.82) is 0 Å². The third kappa shape index (κ3) is 1.90. The predicted molar refractivity (Wildman–Crippen MR) is 74.8 cm³/mol. The number of carbonyl (C=O) groups is 1. The Morgan fingerprint density at radius 1 is 1.39 bits per heavy atom. The summed E-state index contributed by atoms with van der Waals surface area (Å²) in [5.74, 6) is 0.974. The number of amides is 1. The maximum absolute atomic E-state index is 12.0. The van der Waals surface area contributed by atoms with Crippen molar-refractivity contribution in [2.45, 2.75) is 44.7 Å². The molecule has 1 aliphatic heterocycles. The standard InChI is InChI=1S/C13H16BrN3O/c1-8-13(18)15-10-6-7-11(14)16-12(10)17(8)9-4-2-3-5-9/h6-9H,2-5H2,1H3,(H,15,18). The number of aromatic nitrogens is 1. The molecular formula is C13H16BrN3O. The Balaban J connectivity index is 2.05. The third-order valence-corrected chi connectivity index (χ3v) is 4.30. The fraction of sp³-hybridized carbons (Fsp3) is 0.538. The van der Waals surface area contributed by atoms with Gasteiger partial charge in [-0.3, -0.25) is 4.79 Å². The van der Waals surface area contributed by atoms with Crippen molar-refractivity contribution in [3.05, 3.63) is 16.7 Å². The second-order valence-electron chi connectivity index (χ2n) is 5.02. The highest BCUT2D eigenvalue weighted by molar-refractivity contribution is 9.10. The van der Waals surface area contributed by atoms with E-state index in [-0.39, 0.29) is 11.9 Å². The van der Waals surface area contributed by atoms with Crippen LogP contribution in [0, 0.1) is 0 Å². The van der Waals surface area contributed by atoms with Gasteiger partial charge >= 0.3 is 0 Å². The summed E-state index contributed by atoms with van der Waals surface area (Å²) in [6, 6.07) is 4.09. The highest BCUT2D eigenvalue weighted by atomic mass is 79.9. The van der Waals surface area contributed by atoms with E-state index >= 15 is 0 Å². The fourth-order valence-electron chi connectivity index (χ4n) is 2.94. The summed E-state index contributed by atoms with van der Waals surface area (Å²) in [6.45, 7) is 1.96. The summed E-state index contributed by atoms with van der Waals surface area (Å²) in [5, 5.41) is 2.93. The van der Waals surface area contributed by atoms with Crippen LogP contribution in [0.5, 0.6) is 0 Å². The molecule has 5 heteroatoms. The van der Waals surface area contributed by atoms with Crippen LogP contribution < -0.4 is 10.2 Å². The lowest BCUT2D eigenvalue weighted by Crippen LogP contribution is -2.51. The largest absolute Gasteiger partial charge is 0.340 e. The van der Waals surface area contributed by atoms with Gasteiger partial charge < -0.3 is 10.2 Å². The first-order valence-electron chi connectivity index (χ1n) is 6.42. The van der Waals surface area contributed by atoms with E-state index < -0.39 is 0 Å². The fourth-order valence-corrected chi connectivity index (χ4v) is 3.24. The van der Waals surface area contributed by atoms with Crippen LogP contribution in [0.1, 0.15) is 32.6 Å². The van der Waals surface area contributed by atoms with Crippen LogP contribution in [0.3, 0.4) is 0 Å². The quantitative estimate of drug-likeness (QED) is 0.811. The molecule has 1 aromatic rings. The van der Waals surface area contributed by atoms with Crippen molar-refractivity contribution in [2.75, 3.05) is 10.2 Å². The van der Waals surface area contributed by atoms with E-state index in [1.165, 1.54) is 12.8 Å². The lowest BCUT2D eigenvalue weighted by atomic mass is 10.1. The molecule has 3 rings (SSSR count). The molecule has 0 spiro atoms. The van der Waals surface area contributed by atoms with E-state index in [4.69, 9.17) is 0 Å². The number of nitrogens with zero attached hydrogens (tertiary/aromatic N) is 2. The molecule has 1 fully saturated rings. The highest BCUT2D eigenvalue weighted by Gasteiger charge is 2.36. The average molecular weight is 310 g/mol. The zero-order valence-corrected chi connectivity index (χ0v) is 11.9. The Bertz CT molecular complexity index is 485. The zero-order valence-electron chi connectivity index (χ0n) is 10.3. The maximum Gasteiger partial charge on any atom is 0.246 e. The highest BCUT2D eigenvalue weighted by Crippen LogP contribution is 2.37. The Morgan fingerprint density at radius 3 is 2.83 bits per heavy atom. The van der Waals surface area contributed by atoms with Gasteiger partial charge in [0.05, 0.1) is 5.69 Å². The normalized spacial score (nSPS) is 24.0. The van der Waals surface area contributed by atoms with Crippen molar-refractivity contribution in [3.8, 4) is 0 Å².